The van der Waals surface area contributed by atoms with Gasteiger partial charge < -0.3 is 73.5 Å². The van der Waals surface area contributed by atoms with Crippen LogP contribution >= 0.6 is 23.5 Å². The number of nitrogens with two attached hydrogens (primary N) is 1. The van der Waals surface area contributed by atoms with Gasteiger partial charge in [0.15, 0.2) is 23.0 Å². The molecule has 2 amide bonds. The maximum Gasteiger partial charge on any atom is 0.256 e. The Morgan fingerprint density at radius 3 is 1.60 bits per heavy atom. The second-order valence-electron chi connectivity index (χ2n) is 23.4. The number of aromatic nitrogens is 4. The van der Waals surface area contributed by atoms with Crippen molar-refractivity contribution in [3.05, 3.63) is 120 Å². The number of rotatable bonds is 22. The fraction of sp³-hybridized carbons (Fsp3) is 0.438. The predicted molar refractivity (Wildman–Crippen MR) is 391 cm³/mol. The van der Waals surface area contributed by atoms with Gasteiger partial charge in [0.2, 0.25) is 13.6 Å². The number of H-pyrrole nitrogens is 2. The topological polar surface area (TPSA) is 205 Å². The first-order valence-electron chi connectivity index (χ1n) is 32.3. The van der Waals surface area contributed by atoms with E-state index in [1.54, 1.807) is 38.5 Å². The van der Waals surface area contributed by atoms with E-state index in [4.69, 9.17) is 44.1 Å². The highest BCUT2D eigenvalue weighted by Gasteiger charge is 2.37. The van der Waals surface area contributed by atoms with Gasteiger partial charge in [-0.2, -0.15) is 0 Å². The Morgan fingerprint density at radius 2 is 1.09 bits per heavy atom. The molecule has 5 aliphatic heterocycles. The third-order valence-corrected chi connectivity index (χ3v) is 20.8. The summed E-state index contributed by atoms with van der Waals surface area (Å²) >= 11 is 3.83. The number of carbonyl (C=O) groups excluding carboxylic acids is 2. The van der Waals surface area contributed by atoms with Crippen molar-refractivity contribution in [2.45, 2.75) is 92.3 Å². The van der Waals surface area contributed by atoms with E-state index in [0.717, 1.165) is 161 Å². The van der Waals surface area contributed by atoms with Gasteiger partial charge >= 0.3 is 0 Å². The summed E-state index contributed by atoms with van der Waals surface area (Å²) in [4.78, 5) is 61.8. The van der Waals surface area contributed by atoms with E-state index in [-0.39, 0.29) is 59.8 Å². The highest BCUT2D eigenvalue weighted by Crippen LogP contribution is 2.41. The van der Waals surface area contributed by atoms with Crippen molar-refractivity contribution < 1.29 is 38.0 Å². The summed E-state index contributed by atoms with van der Waals surface area (Å²) in [5.74, 6) is 6.68. The van der Waals surface area contributed by atoms with Crippen LogP contribution in [0.5, 0.6) is 34.5 Å². The number of fused-ring (bicyclic) bond motifs is 4. The summed E-state index contributed by atoms with van der Waals surface area (Å²) < 4.78 is 35.2. The Hall–Kier alpha value is -8.31. The SMILES string of the molecule is C.C.C.CCN1CCN(c2ccc3nc(-c4ccc(OCOc5cc6c(cc5OC)C(=O)N5CCC[C@H]5C=N6)cc4)[nH]c3c2)CC1.CCSC(SCC)[C@@H]1CCCN1C(=O)c1cc(OC)c(OCOc2ccc(-c3nc4ccc(N5CCN(CC)CC5)cc4[nH]3)cc2)cc1N. The number of benzene rings is 6. The molecular weight excluding hydrogens is 1240 g/mol. The Labute approximate surface area is 569 Å². The number of hydrogen-bond donors (Lipinski definition) is 3. The van der Waals surface area contributed by atoms with Crippen molar-refractivity contribution in [2.24, 2.45) is 4.99 Å². The Balaban J connectivity index is 0.000000218. The van der Waals surface area contributed by atoms with Crippen LogP contribution in [0.3, 0.4) is 0 Å². The maximum atomic E-state index is 13.7. The Bertz CT molecular complexity index is 3860. The van der Waals surface area contributed by atoms with Crippen LogP contribution in [-0.4, -0.2) is 192 Å². The van der Waals surface area contributed by atoms with E-state index < -0.39 is 0 Å². The minimum Gasteiger partial charge on any atom is -0.493 e. The van der Waals surface area contributed by atoms with Crippen LogP contribution in [0.2, 0.25) is 0 Å². The van der Waals surface area contributed by atoms with Gasteiger partial charge in [0.1, 0.15) is 23.1 Å². The van der Waals surface area contributed by atoms with E-state index in [1.807, 2.05) is 88.1 Å². The van der Waals surface area contributed by atoms with Crippen LogP contribution in [0.1, 0.15) is 96.4 Å². The zero-order valence-corrected chi connectivity index (χ0v) is 55.2. The molecule has 0 bridgehead atoms. The third kappa shape index (κ3) is 16.2. The molecular formula is C73H96N12O8S2. The number of hydrogen-bond acceptors (Lipinski definition) is 18. The molecule has 5 aliphatic rings. The van der Waals surface area contributed by atoms with Gasteiger partial charge in [-0.1, -0.05) is 50.0 Å². The van der Waals surface area contributed by atoms with Gasteiger partial charge in [-0.15, -0.1) is 23.5 Å². The lowest BCUT2D eigenvalue weighted by molar-refractivity contribution is 0.0744. The average Bonchev–Trinajstić information content (AvgIpc) is 1.76. The number of imidazole rings is 2. The van der Waals surface area contributed by atoms with Crippen LogP contribution in [0, 0.1) is 0 Å². The Kier molecular flexibility index (Phi) is 24.6. The molecule has 0 saturated carbocycles. The van der Waals surface area contributed by atoms with Crippen LogP contribution in [0.25, 0.3) is 44.8 Å². The number of aliphatic imine (C=N–C) groups is 1. The maximum absolute atomic E-state index is 13.7. The van der Waals surface area contributed by atoms with Gasteiger partial charge in [0.05, 0.1) is 69.8 Å². The fourth-order valence-electron chi connectivity index (χ4n) is 12.8. The first-order valence-corrected chi connectivity index (χ1v) is 34.4. The van der Waals surface area contributed by atoms with E-state index in [0.29, 0.717) is 61.6 Å². The zero-order valence-electron chi connectivity index (χ0n) is 53.5. The molecule has 20 nitrogen and oxygen atoms in total. The van der Waals surface area contributed by atoms with Crippen LogP contribution in [0.4, 0.5) is 22.7 Å². The second kappa shape index (κ2) is 32.9. The number of carbonyl (C=O) groups is 2. The van der Waals surface area contributed by atoms with E-state index in [9.17, 15) is 9.59 Å². The molecule has 6 aromatic carbocycles. The van der Waals surface area contributed by atoms with E-state index in [1.165, 1.54) is 11.4 Å². The summed E-state index contributed by atoms with van der Waals surface area (Å²) in [6.45, 7) is 20.9. The number of piperazine rings is 2. The molecule has 8 aromatic rings. The van der Waals surface area contributed by atoms with Gasteiger partial charge in [-0.25, -0.2) is 9.97 Å². The third-order valence-electron chi connectivity index (χ3n) is 18.0. The number of thioether (sulfide) groups is 2. The lowest BCUT2D eigenvalue weighted by Gasteiger charge is -2.35. The van der Waals surface area contributed by atoms with Crippen molar-refractivity contribution in [1.29, 1.82) is 0 Å². The molecule has 2 aromatic heterocycles. The molecule has 0 unspecified atom stereocenters. The van der Waals surface area contributed by atoms with Gasteiger partial charge in [-0.05, 0) is 147 Å². The number of anilines is 3. The molecule has 22 heteroatoms. The van der Waals surface area contributed by atoms with E-state index >= 15 is 0 Å². The lowest BCUT2D eigenvalue weighted by Crippen LogP contribution is -2.46. The summed E-state index contributed by atoms with van der Waals surface area (Å²) in [7, 11) is 3.12. The summed E-state index contributed by atoms with van der Waals surface area (Å²) in [6, 6.07) is 35.4. The van der Waals surface area contributed by atoms with E-state index in [2.05, 4.69) is 98.7 Å². The lowest BCUT2D eigenvalue weighted by atomic mass is 10.1. The molecule has 4 saturated heterocycles. The first-order chi connectivity index (χ1) is 45.0. The van der Waals surface area contributed by atoms with Crippen molar-refractivity contribution >= 4 is 86.4 Å². The number of aromatic amines is 2. The Morgan fingerprint density at radius 1 is 0.589 bits per heavy atom. The number of methoxy groups -OCH3 is 2. The normalized spacial score (nSPS) is 17.1. The molecule has 0 spiro atoms. The van der Waals surface area contributed by atoms with Crippen molar-refractivity contribution in [3.63, 3.8) is 0 Å². The number of ether oxygens (including phenoxy) is 6. The largest absolute Gasteiger partial charge is 0.493 e. The summed E-state index contributed by atoms with van der Waals surface area (Å²) in [5, 5.41) is 0. The molecule has 2 atom stereocenters. The molecule has 4 N–H and O–H groups in total. The van der Waals surface area contributed by atoms with Gasteiger partial charge in [-0.3, -0.25) is 14.6 Å². The molecule has 7 heterocycles. The predicted octanol–water partition coefficient (Wildman–Crippen LogP) is 13.8. The molecule has 95 heavy (non-hydrogen) atoms. The summed E-state index contributed by atoms with van der Waals surface area (Å²) in [5.41, 5.74) is 16.7. The monoisotopic (exact) mass is 1330 g/mol. The number of nitrogens with one attached hydrogen (secondary N) is 2. The zero-order chi connectivity index (χ0) is 63.7. The molecule has 0 radical (unpaired) electrons. The number of amides is 2. The second-order valence-corrected chi connectivity index (χ2v) is 26.5. The average molecular weight is 1330 g/mol. The highest BCUT2D eigenvalue weighted by atomic mass is 32.2. The number of nitrogens with zero attached hydrogens (tertiary/aromatic N) is 9. The highest BCUT2D eigenvalue weighted by molar-refractivity contribution is 8.17. The molecule has 13 rings (SSSR count). The van der Waals surface area contributed by atoms with Crippen molar-refractivity contribution in [1.82, 2.24) is 39.5 Å². The van der Waals surface area contributed by atoms with Crippen LogP contribution < -0.4 is 44.0 Å². The minimum atomic E-state index is -0.0602. The molecule has 508 valence electrons. The number of likely N-dealkylation sites (tertiary alicyclic amines) is 1. The molecule has 0 aliphatic carbocycles. The van der Waals surface area contributed by atoms with Gasteiger partial charge in [0.25, 0.3) is 11.8 Å². The van der Waals surface area contributed by atoms with Crippen molar-refractivity contribution in [3.8, 4) is 57.3 Å². The quantitative estimate of drug-likeness (QED) is 0.0426. The number of likely N-dealkylation sites (N-methyl/N-ethyl adjacent to an activating group) is 2. The molecule has 4 fully saturated rings. The van der Waals surface area contributed by atoms with Crippen LogP contribution in [-0.2, 0) is 0 Å². The smallest absolute Gasteiger partial charge is 0.256 e. The van der Waals surface area contributed by atoms with Gasteiger partial charge in [0, 0.05) is 112 Å². The first kappa shape index (κ1) is 71.0. The summed E-state index contributed by atoms with van der Waals surface area (Å²) in [6.07, 6.45) is 5.79. The number of nitrogen functional groups attached to an aromatic ring is 1. The fourth-order valence-corrected chi connectivity index (χ4v) is 15.7. The van der Waals surface area contributed by atoms with Crippen molar-refractivity contribution in [2.75, 3.05) is 133 Å². The standard InChI is InChI=1S/C37H48N6O4S2.C33H36N6O4.3CH4/c1-5-41-17-19-42(20-18-41)26-12-15-30-31(21-26)40-35(39-30)25-10-13-27(14-11-25)46-24-47-34-23-29(38)28(22-33(34)45-4)36(44)43-16-8-9-32(43)37(48-6-2)49-7-3;1-3-37-13-15-38(16-14-37)23-8-11-27-29(17-23)36-32(35-27)22-6-9-25(10-7-22)42-21-43-31-19-28-26(18-30(31)41-2)33(40)39-12-4-5-24(39)20-34-28;;;/h10-15,21-23,32,37H,5-9,16-20,24,38H2,1-4H3,(H,39,40);6-11,17-20,24H,3-5,12-16,21H2,1-2H3,(H,35,36);3*1H4/t32-;24-;;;/m00.../s1. The van der Waals surface area contributed by atoms with Crippen LogP contribution in [0.15, 0.2) is 114 Å². The minimum absolute atomic E-state index is 0.